The molecule has 1 atom stereocenters. The van der Waals surface area contributed by atoms with Gasteiger partial charge in [0.15, 0.2) is 5.82 Å². The number of carbonyl (C=O) groups excluding carboxylic acids is 1. The van der Waals surface area contributed by atoms with Crippen LogP contribution in [-0.4, -0.2) is 46.6 Å². The number of halogens is 1. The smallest absolute Gasteiger partial charge is 0.316 e. The van der Waals surface area contributed by atoms with E-state index in [-0.39, 0.29) is 17.3 Å². The molecule has 0 aliphatic carbocycles. The second-order valence-electron chi connectivity index (χ2n) is 10.4. The van der Waals surface area contributed by atoms with E-state index in [1.54, 1.807) is 0 Å². The number of fused-ring (bicyclic) bond motifs is 2. The molecule has 3 heterocycles. The summed E-state index contributed by atoms with van der Waals surface area (Å²) in [6.07, 6.45) is 2.93. The lowest BCUT2D eigenvalue weighted by atomic mass is 9.97. The van der Waals surface area contributed by atoms with Crippen LogP contribution in [0.5, 0.6) is 5.75 Å². The van der Waals surface area contributed by atoms with Crippen LogP contribution in [0.25, 0.3) is 21.8 Å². The quantitative estimate of drug-likeness (QED) is 0.218. The standard InChI is InChI=1S/C28H29ClN6O2/c1-28(2,3)26(36)37-21-13-17-6-4-5-7-22(17)18(14-21)12-19-15-32-24-23(19)33-27(29)34-25(24)35-11-10-31-20(16-35)8-9-30/h4-7,13-15,20,31-32H,8,10-12,16H2,1-3H3/t20-/m0/s1. The molecule has 8 nitrogen and oxygen atoms in total. The average molecular weight is 517 g/mol. The SMILES string of the molecule is CC(C)(C)C(=O)Oc1cc(Cc2c[nH]c3c(N4CCN[C@@H](CC#N)C4)nc(Cl)nc23)c2ccccc2c1. The van der Waals surface area contributed by atoms with Gasteiger partial charge in [0.1, 0.15) is 11.3 Å². The first-order valence-electron chi connectivity index (χ1n) is 12.4. The molecule has 0 unspecified atom stereocenters. The Labute approximate surface area is 220 Å². The molecule has 0 amide bonds. The Hall–Kier alpha value is -3.67. The van der Waals surface area contributed by atoms with Crippen LogP contribution in [-0.2, 0) is 11.2 Å². The van der Waals surface area contributed by atoms with E-state index in [0.717, 1.165) is 51.8 Å². The maximum Gasteiger partial charge on any atom is 0.316 e. The van der Waals surface area contributed by atoms with Gasteiger partial charge in [-0.2, -0.15) is 10.2 Å². The fourth-order valence-electron chi connectivity index (χ4n) is 4.67. The summed E-state index contributed by atoms with van der Waals surface area (Å²) in [6, 6.07) is 14.2. The second kappa shape index (κ2) is 10.0. The number of rotatable bonds is 5. The van der Waals surface area contributed by atoms with Crippen molar-refractivity contribution in [3.8, 4) is 11.8 Å². The van der Waals surface area contributed by atoms with E-state index in [1.807, 2.05) is 57.3 Å². The van der Waals surface area contributed by atoms with Gasteiger partial charge in [0.2, 0.25) is 5.28 Å². The Bertz CT molecular complexity index is 1520. The number of esters is 1. The molecule has 1 aliphatic rings. The molecule has 2 N–H and O–H groups in total. The molecule has 1 fully saturated rings. The van der Waals surface area contributed by atoms with Crippen molar-refractivity contribution in [3.05, 3.63) is 59.0 Å². The first-order chi connectivity index (χ1) is 17.7. The maximum absolute atomic E-state index is 12.6. The number of hydrogen-bond donors (Lipinski definition) is 2. The van der Waals surface area contributed by atoms with Gasteiger partial charge in [0.05, 0.1) is 23.4 Å². The zero-order valence-electron chi connectivity index (χ0n) is 21.1. The minimum atomic E-state index is -0.608. The van der Waals surface area contributed by atoms with Crippen molar-refractivity contribution in [2.45, 2.75) is 39.7 Å². The number of benzene rings is 2. The number of nitriles is 1. The lowest BCUT2D eigenvalue weighted by Crippen LogP contribution is -2.51. The largest absolute Gasteiger partial charge is 0.426 e. The Kier molecular flexibility index (Phi) is 6.76. The number of piperazine rings is 1. The van der Waals surface area contributed by atoms with Gasteiger partial charge in [-0.05, 0) is 60.8 Å². The van der Waals surface area contributed by atoms with Crippen LogP contribution in [0.2, 0.25) is 5.28 Å². The summed E-state index contributed by atoms with van der Waals surface area (Å²) in [7, 11) is 0. The van der Waals surface area contributed by atoms with E-state index in [9.17, 15) is 4.79 Å². The van der Waals surface area contributed by atoms with Crippen molar-refractivity contribution < 1.29 is 9.53 Å². The monoisotopic (exact) mass is 516 g/mol. The summed E-state index contributed by atoms with van der Waals surface area (Å²) >= 11 is 6.40. The highest BCUT2D eigenvalue weighted by Gasteiger charge is 2.26. The number of aromatic nitrogens is 3. The fraction of sp³-hybridized carbons (Fsp3) is 0.357. The summed E-state index contributed by atoms with van der Waals surface area (Å²) < 4.78 is 5.75. The fourth-order valence-corrected chi connectivity index (χ4v) is 4.84. The Balaban J connectivity index is 1.53. The van der Waals surface area contributed by atoms with Crippen LogP contribution in [0.4, 0.5) is 5.82 Å². The molecule has 2 aromatic heterocycles. The van der Waals surface area contributed by atoms with Gasteiger partial charge in [0, 0.05) is 43.9 Å². The molecule has 4 aromatic rings. The molecular weight excluding hydrogens is 488 g/mol. The maximum atomic E-state index is 12.6. The number of anilines is 1. The van der Waals surface area contributed by atoms with Gasteiger partial charge in [-0.3, -0.25) is 4.79 Å². The van der Waals surface area contributed by atoms with Gasteiger partial charge in [0.25, 0.3) is 0 Å². The van der Waals surface area contributed by atoms with E-state index >= 15 is 0 Å². The van der Waals surface area contributed by atoms with Crippen molar-refractivity contribution in [3.63, 3.8) is 0 Å². The molecule has 9 heteroatoms. The van der Waals surface area contributed by atoms with Crippen molar-refractivity contribution in [2.24, 2.45) is 5.41 Å². The molecule has 0 spiro atoms. The van der Waals surface area contributed by atoms with Crippen LogP contribution >= 0.6 is 11.6 Å². The lowest BCUT2D eigenvalue weighted by molar-refractivity contribution is -0.142. The molecular formula is C28H29ClN6O2. The van der Waals surface area contributed by atoms with Gasteiger partial charge in [-0.1, -0.05) is 24.3 Å². The normalized spacial score (nSPS) is 16.2. The third-order valence-electron chi connectivity index (χ3n) is 6.58. The predicted octanol–water partition coefficient (Wildman–Crippen LogP) is 5.00. The number of nitrogens with one attached hydrogen (secondary N) is 2. The van der Waals surface area contributed by atoms with Crippen molar-refractivity contribution >= 4 is 45.2 Å². The van der Waals surface area contributed by atoms with Crippen LogP contribution in [0.15, 0.2) is 42.6 Å². The number of aromatic amines is 1. The van der Waals surface area contributed by atoms with Crippen molar-refractivity contribution in [2.75, 3.05) is 24.5 Å². The first-order valence-corrected chi connectivity index (χ1v) is 12.7. The Morgan fingerprint density at radius 2 is 2.05 bits per heavy atom. The number of carbonyl (C=O) groups is 1. The van der Waals surface area contributed by atoms with E-state index in [1.165, 1.54) is 0 Å². The topological polar surface area (TPSA) is 107 Å². The predicted molar refractivity (Wildman–Crippen MR) is 145 cm³/mol. The molecule has 0 radical (unpaired) electrons. The molecule has 190 valence electrons. The molecule has 1 saturated heterocycles. The number of H-pyrrole nitrogens is 1. The minimum absolute atomic E-state index is 0.0712. The van der Waals surface area contributed by atoms with E-state index in [0.29, 0.717) is 25.1 Å². The van der Waals surface area contributed by atoms with Crippen LogP contribution < -0.4 is 15.0 Å². The molecule has 0 bridgehead atoms. The number of nitrogens with zero attached hydrogens (tertiary/aromatic N) is 4. The minimum Gasteiger partial charge on any atom is -0.426 e. The number of hydrogen-bond acceptors (Lipinski definition) is 7. The van der Waals surface area contributed by atoms with Gasteiger partial charge < -0.3 is 19.9 Å². The first kappa shape index (κ1) is 25.0. The third-order valence-corrected chi connectivity index (χ3v) is 6.74. The number of ether oxygens (including phenoxy) is 1. The van der Waals surface area contributed by atoms with E-state index < -0.39 is 5.41 Å². The summed E-state index contributed by atoms with van der Waals surface area (Å²) in [4.78, 5) is 27.2. The molecule has 5 rings (SSSR count). The van der Waals surface area contributed by atoms with E-state index in [2.05, 4.69) is 37.3 Å². The molecule has 1 aliphatic heterocycles. The highest BCUT2D eigenvalue weighted by atomic mass is 35.5. The summed E-state index contributed by atoms with van der Waals surface area (Å²) in [5.41, 5.74) is 2.95. The highest BCUT2D eigenvalue weighted by Crippen LogP contribution is 2.33. The van der Waals surface area contributed by atoms with Crippen LogP contribution in [0, 0.1) is 16.7 Å². The zero-order valence-corrected chi connectivity index (χ0v) is 21.9. The van der Waals surface area contributed by atoms with E-state index in [4.69, 9.17) is 21.6 Å². The van der Waals surface area contributed by atoms with Crippen LogP contribution in [0.3, 0.4) is 0 Å². The summed E-state index contributed by atoms with van der Waals surface area (Å²) in [6.45, 7) is 7.69. The Morgan fingerprint density at radius 1 is 1.24 bits per heavy atom. The average Bonchev–Trinajstić information content (AvgIpc) is 3.25. The summed E-state index contributed by atoms with van der Waals surface area (Å²) in [5.74, 6) is 0.977. The second-order valence-corrected chi connectivity index (χ2v) is 10.8. The highest BCUT2D eigenvalue weighted by molar-refractivity contribution is 6.28. The van der Waals surface area contributed by atoms with Gasteiger partial charge in [-0.25, -0.2) is 4.98 Å². The molecule has 0 saturated carbocycles. The van der Waals surface area contributed by atoms with Gasteiger partial charge in [-0.15, -0.1) is 0 Å². The third kappa shape index (κ3) is 5.24. The van der Waals surface area contributed by atoms with Crippen LogP contribution in [0.1, 0.15) is 38.3 Å². The molecule has 37 heavy (non-hydrogen) atoms. The van der Waals surface area contributed by atoms with Crippen molar-refractivity contribution in [1.29, 1.82) is 5.26 Å². The Morgan fingerprint density at radius 3 is 2.84 bits per heavy atom. The summed E-state index contributed by atoms with van der Waals surface area (Å²) in [5, 5.41) is 14.8. The molecule has 2 aromatic carbocycles. The zero-order chi connectivity index (χ0) is 26.2. The lowest BCUT2D eigenvalue weighted by Gasteiger charge is -2.33. The van der Waals surface area contributed by atoms with Gasteiger partial charge >= 0.3 is 5.97 Å². The van der Waals surface area contributed by atoms with Crippen molar-refractivity contribution in [1.82, 2.24) is 20.3 Å².